The van der Waals surface area contributed by atoms with Gasteiger partial charge in [-0.05, 0) is 54.5 Å². The number of para-hydroxylation sites is 1. The Bertz CT molecular complexity index is 947. The molecule has 0 heterocycles. The average Bonchev–Trinajstić information content (AvgIpc) is 3.29. The van der Waals surface area contributed by atoms with Crippen molar-refractivity contribution in [3.8, 4) is 5.75 Å². The topological polar surface area (TPSA) is 58.6 Å². The highest BCUT2D eigenvalue weighted by Crippen LogP contribution is 2.31. The molecule has 2 aromatic carbocycles. The van der Waals surface area contributed by atoms with E-state index >= 15 is 0 Å². The quantitative estimate of drug-likeness (QED) is 0.612. The lowest BCUT2D eigenvalue weighted by Crippen LogP contribution is -2.50. The molecule has 33 heavy (non-hydrogen) atoms. The summed E-state index contributed by atoms with van der Waals surface area (Å²) in [5, 5.41) is 3.08. The molecular formula is C27H35FN2O3. The highest BCUT2D eigenvalue weighted by atomic mass is 19.1. The van der Waals surface area contributed by atoms with E-state index in [1.54, 1.807) is 19.1 Å². The number of amides is 2. The molecule has 1 N–H and O–H groups in total. The normalized spacial score (nSPS) is 15.2. The largest absolute Gasteiger partial charge is 0.483 e. The van der Waals surface area contributed by atoms with Crippen LogP contribution in [0.4, 0.5) is 4.39 Å². The van der Waals surface area contributed by atoms with Crippen LogP contribution >= 0.6 is 0 Å². The van der Waals surface area contributed by atoms with Crippen molar-refractivity contribution in [1.29, 1.82) is 0 Å². The third kappa shape index (κ3) is 6.80. The van der Waals surface area contributed by atoms with Gasteiger partial charge in [0.15, 0.2) is 6.61 Å². The maximum absolute atomic E-state index is 13.4. The van der Waals surface area contributed by atoms with E-state index in [9.17, 15) is 14.0 Å². The Balaban J connectivity index is 1.75. The molecule has 3 rings (SSSR count). The molecule has 0 aliphatic heterocycles. The predicted octanol–water partition coefficient (Wildman–Crippen LogP) is 4.98. The van der Waals surface area contributed by atoms with Crippen LogP contribution < -0.4 is 10.1 Å². The Labute approximate surface area is 196 Å². The standard InChI is InChI=1S/C27H35FN2O3/c1-19(26(32)29-22-9-5-6-10-22)30(17-20-13-15-21(28)16-14-20)25(31)18-33-24-12-8-7-11-23(24)27(2,3)4/h7-8,11-16,19,22H,5-6,9-10,17-18H2,1-4H3,(H,29,32). The predicted molar refractivity (Wildman–Crippen MR) is 127 cm³/mol. The molecule has 1 fully saturated rings. The number of hydrogen-bond acceptors (Lipinski definition) is 3. The Kier molecular flexibility index (Phi) is 8.11. The van der Waals surface area contributed by atoms with Crippen LogP contribution in [-0.4, -0.2) is 35.4 Å². The van der Waals surface area contributed by atoms with E-state index in [2.05, 4.69) is 26.1 Å². The van der Waals surface area contributed by atoms with E-state index in [0.717, 1.165) is 36.8 Å². The molecule has 0 radical (unpaired) electrons. The van der Waals surface area contributed by atoms with Crippen molar-refractivity contribution in [2.24, 2.45) is 0 Å². The molecule has 5 nitrogen and oxygen atoms in total. The minimum Gasteiger partial charge on any atom is -0.483 e. The fraction of sp³-hybridized carbons (Fsp3) is 0.481. The minimum absolute atomic E-state index is 0.137. The number of rotatable bonds is 8. The van der Waals surface area contributed by atoms with Crippen molar-refractivity contribution in [3.05, 3.63) is 65.5 Å². The summed E-state index contributed by atoms with van der Waals surface area (Å²) in [6.45, 7) is 8.01. The smallest absolute Gasteiger partial charge is 0.261 e. The van der Waals surface area contributed by atoms with Crippen molar-refractivity contribution in [2.75, 3.05) is 6.61 Å². The van der Waals surface area contributed by atoms with Gasteiger partial charge in [-0.25, -0.2) is 4.39 Å². The van der Waals surface area contributed by atoms with Gasteiger partial charge in [-0.2, -0.15) is 0 Å². The molecule has 0 bridgehead atoms. The number of nitrogens with one attached hydrogen (secondary N) is 1. The number of hydrogen-bond donors (Lipinski definition) is 1. The van der Waals surface area contributed by atoms with Crippen molar-refractivity contribution in [1.82, 2.24) is 10.2 Å². The molecule has 6 heteroatoms. The molecule has 0 aromatic heterocycles. The van der Waals surface area contributed by atoms with Crippen LogP contribution in [0.3, 0.4) is 0 Å². The van der Waals surface area contributed by atoms with Gasteiger partial charge in [0.1, 0.15) is 17.6 Å². The number of nitrogens with zero attached hydrogens (tertiary/aromatic N) is 1. The first-order chi connectivity index (χ1) is 15.6. The van der Waals surface area contributed by atoms with Crippen LogP contribution in [0.2, 0.25) is 0 Å². The first-order valence-corrected chi connectivity index (χ1v) is 11.7. The first kappa shape index (κ1) is 24.7. The number of benzene rings is 2. The Hall–Kier alpha value is -2.89. The second kappa shape index (κ2) is 10.8. The van der Waals surface area contributed by atoms with Crippen LogP contribution in [0.5, 0.6) is 5.75 Å². The number of ether oxygens (including phenoxy) is 1. The Morgan fingerprint density at radius 2 is 1.73 bits per heavy atom. The van der Waals surface area contributed by atoms with E-state index in [4.69, 9.17) is 4.74 Å². The molecule has 1 aliphatic rings. The Morgan fingerprint density at radius 3 is 2.36 bits per heavy atom. The molecule has 1 saturated carbocycles. The summed E-state index contributed by atoms with van der Waals surface area (Å²) in [5.74, 6) is -0.154. The third-order valence-corrected chi connectivity index (χ3v) is 6.18. The van der Waals surface area contributed by atoms with Gasteiger partial charge in [0.05, 0.1) is 0 Å². The molecule has 2 aromatic rings. The second-order valence-corrected chi connectivity index (χ2v) is 9.85. The molecule has 178 valence electrons. The fourth-order valence-corrected chi connectivity index (χ4v) is 4.20. The Morgan fingerprint density at radius 1 is 1.09 bits per heavy atom. The maximum atomic E-state index is 13.4. The monoisotopic (exact) mass is 454 g/mol. The maximum Gasteiger partial charge on any atom is 0.261 e. The first-order valence-electron chi connectivity index (χ1n) is 11.7. The van der Waals surface area contributed by atoms with Gasteiger partial charge in [-0.3, -0.25) is 9.59 Å². The van der Waals surface area contributed by atoms with Crippen LogP contribution in [-0.2, 0) is 21.5 Å². The molecule has 1 aliphatic carbocycles. The molecular weight excluding hydrogens is 419 g/mol. The highest BCUT2D eigenvalue weighted by molar-refractivity contribution is 5.88. The van der Waals surface area contributed by atoms with Gasteiger partial charge in [0.25, 0.3) is 5.91 Å². The van der Waals surface area contributed by atoms with Gasteiger partial charge in [0.2, 0.25) is 5.91 Å². The lowest BCUT2D eigenvalue weighted by molar-refractivity contribution is -0.142. The third-order valence-electron chi connectivity index (χ3n) is 6.18. The van der Waals surface area contributed by atoms with Crippen molar-refractivity contribution >= 4 is 11.8 Å². The highest BCUT2D eigenvalue weighted by Gasteiger charge is 2.29. The summed E-state index contributed by atoms with van der Waals surface area (Å²) in [7, 11) is 0. The van der Waals surface area contributed by atoms with Crippen LogP contribution in [0.15, 0.2) is 48.5 Å². The van der Waals surface area contributed by atoms with Gasteiger partial charge in [0, 0.05) is 12.6 Å². The zero-order chi connectivity index (χ0) is 24.0. The van der Waals surface area contributed by atoms with E-state index < -0.39 is 6.04 Å². The summed E-state index contributed by atoms with van der Waals surface area (Å²) in [6, 6.07) is 13.1. The zero-order valence-corrected chi connectivity index (χ0v) is 20.1. The van der Waals surface area contributed by atoms with Gasteiger partial charge in [-0.1, -0.05) is 63.9 Å². The molecule has 2 amide bonds. The molecule has 1 atom stereocenters. The van der Waals surface area contributed by atoms with E-state index in [0.29, 0.717) is 5.75 Å². The van der Waals surface area contributed by atoms with Crippen LogP contribution in [0, 0.1) is 5.82 Å². The van der Waals surface area contributed by atoms with Gasteiger partial charge < -0.3 is 15.0 Å². The van der Waals surface area contributed by atoms with Crippen molar-refractivity contribution in [3.63, 3.8) is 0 Å². The van der Waals surface area contributed by atoms with Gasteiger partial charge >= 0.3 is 0 Å². The lowest BCUT2D eigenvalue weighted by Gasteiger charge is -2.30. The van der Waals surface area contributed by atoms with Crippen LogP contribution in [0.25, 0.3) is 0 Å². The summed E-state index contributed by atoms with van der Waals surface area (Å²) >= 11 is 0. The number of carbonyl (C=O) groups excluding carboxylic acids is 2. The van der Waals surface area contributed by atoms with E-state index in [1.807, 2.05) is 24.3 Å². The van der Waals surface area contributed by atoms with Gasteiger partial charge in [-0.15, -0.1) is 0 Å². The van der Waals surface area contributed by atoms with Crippen molar-refractivity contribution in [2.45, 2.75) is 77.4 Å². The molecule has 0 saturated heterocycles. The van der Waals surface area contributed by atoms with E-state index in [1.165, 1.54) is 17.0 Å². The summed E-state index contributed by atoms with van der Waals surface area (Å²) in [5.41, 5.74) is 1.62. The minimum atomic E-state index is -0.676. The summed E-state index contributed by atoms with van der Waals surface area (Å²) < 4.78 is 19.3. The number of carbonyl (C=O) groups is 2. The number of halogens is 1. The average molecular weight is 455 g/mol. The van der Waals surface area contributed by atoms with Crippen molar-refractivity contribution < 1.29 is 18.7 Å². The fourth-order valence-electron chi connectivity index (χ4n) is 4.20. The van der Waals surface area contributed by atoms with Crippen LogP contribution in [0.1, 0.15) is 64.5 Å². The SMILES string of the molecule is CC(C(=O)NC1CCCC1)N(Cc1ccc(F)cc1)C(=O)COc1ccccc1C(C)(C)C. The lowest BCUT2D eigenvalue weighted by atomic mass is 9.86. The molecule has 1 unspecified atom stereocenters. The summed E-state index contributed by atoms with van der Waals surface area (Å²) in [4.78, 5) is 27.7. The summed E-state index contributed by atoms with van der Waals surface area (Å²) in [6.07, 6.45) is 4.16. The van der Waals surface area contributed by atoms with E-state index in [-0.39, 0.29) is 42.2 Å². The zero-order valence-electron chi connectivity index (χ0n) is 20.1. The second-order valence-electron chi connectivity index (χ2n) is 9.85. The molecule has 0 spiro atoms.